The first-order valence-electron chi connectivity index (χ1n) is 10.6. The number of carbonyl (C=O) groups is 2. The smallest absolute Gasteiger partial charge is 0.234 e. The van der Waals surface area contributed by atoms with Crippen molar-refractivity contribution in [3.05, 3.63) is 52.1 Å². The van der Waals surface area contributed by atoms with Crippen LogP contribution < -0.4 is 5.32 Å². The number of rotatable bonds is 7. The lowest BCUT2D eigenvalue weighted by atomic mass is 10.1. The number of ketones is 1. The summed E-state index contributed by atoms with van der Waals surface area (Å²) < 4.78 is 15.5. The van der Waals surface area contributed by atoms with Crippen molar-refractivity contribution in [3.63, 3.8) is 0 Å². The van der Waals surface area contributed by atoms with Gasteiger partial charge in [0, 0.05) is 54.9 Å². The topological polar surface area (TPSA) is 57.6 Å². The fourth-order valence-corrected chi connectivity index (χ4v) is 4.21. The summed E-state index contributed by atoms with van der Waals surface area (Å²) in [5.41, 5.74) is 3.10. The van der Waals surface area contributed by atoms with Gasteiger partial charge in [-0.25, -0.2) is 4.39 Å². The molecule has 2 aromatic rings. The van der Waals surface area contributed by atoms with E-state index in [1.807, 2.05) is 38.3 Å². The number of hydrogen-bond donors (Lipinski definition) is 1. The first-order valence-corrected chi connectivity index (χ1v) is 10.9. The van der Waals surface area contributed by atoms with Crippen molar-refractivity contribution in [1.82, 2.24) is 19.7 Å². The highest BCUT2D eigenvalue weighted by Crippen LogP contribution is 2.25. The van der Waals surface area contributed by atoms with Gasteiger partial charge in [0.25, 0.3) is 0 Å². The summed E-state index contributed by atoms with van der Waals surface area (Å²) in [6, 6.07) is 6.57. The predicted molar refractivity (Wildman–Crippen MR) is 121 cm³/mol. The van der Waals surface area contributed by atoms with E-state index < -0.39 is 5.82 Å². The molecule has 0 spiro atoms. The van der Waals surface area contributed by atoms with Crippen LogP contribution in [0.3, 0.4) is 0 Å². The molecule has 1 aliphatic heterocycles. The molecule has 1 fully saturated rings. The molecule has 0 unspecified atom stereocenters. The van der Waals surface area contributed by atoms with E-state index >= 15 is 0 Å². The Morgan fingerprint density at radius 1 is 1.06 bits per heavy atom. The van der Waals surface area contributed by atoms with Crippen molar-refractivity contribution in [1.29, 1.82) is 0 Å². The molecule has 0 radical (unpaired) electrons. The highest BCUT2D eigenvalue weighted by Gasteiger charge is 2.23. The Morgan fingerprint density at radius 3 is 2.26 bits per heavy atom. The maximum absolute atomic E-state index is 13.5. The van der Waals surface area contributed by atoms with Crippen LogP contribution in [0.5, 0.6) is 0 Å². The number of aryl methyl sites for hydroxylation is 1. The second kappa shape index (κ2) is 9.94. The minimum absolute atomic E-state index is 0.0351. The Balaban J connectivity index is 1.62. The molecule has 0 aliphatic carbocycles. The van der Waals surface area contributed by atoms with Gasteiger partial charge >= 0.3 is 0 Å². The highest BCUT2D eigenvalue weighted by molar-refractivity contribution is 6.30. The zero-order chi connectivity index (χ0) is 22.7. The minimum Gasteiger partial charge on any atom is -0.353 e. The van der Waals surface area contributed by atoms with Gasteiger partial charge in [0.2, 0.25) is 5.91 Å². The van der Waals surface area contributed by atoms with Crippen molar-refractivity contribution in [3.8, 4) is 5.69 Å². The number of benzene rings is 1. The van der Waals surface area contributed by atoms with Gasteiger partial charge in [0.15, 0.2) is 5.78 Å². The number of aromatic nitrogens is 1. The Labute approximate surface area is 188 Å². The molecule has 0 saturated carbocycles. The lowest BCUT2D eigenvalue weighted by molar-refractivity contribution is -0.123. The van der Waals surface area contributed by atoms with E-state index in [0.717, 1.165) is 43.3 Å². The van der Waals surface area contributed by atoms with Gasteiger partial charge in [-0.2, -0.15) is 0 Å². The summed E-state index contributed by atoms with van der Waals surface area (Å²) in [5, 5.41) is 2.96. The lowest BCUT2D eigenvalue weighted by Gasteiger charge is -2.34. The van der Waals surface area contributed by atoms with Gasteiger partial charge in [0.05, 0.1) is 18.1 Å². The number of Topliss-reactive ketones (excluding diaryl/α,β-unsaturated/α-hetero) is 1. The zero-order valence-corrected chi connectivity index (χ0v) is 19.3. The SMILES string of the molecule is Cc1cc(C(=O)CN2CCN(CC(=O)NC(C)C)CC2)c(C)n1-c1ccc(F)c(Cl)c1. The van der Waals surface area contributed by atoms with Crippen LogP contribution in [0.15, 0.2) is 24.3 Å². The molecule has 2 heterocycles. The molecule has 1 amide bonds. The van der Waals surface area contributed by atoms with E-state index in [-0.39, 0.29) is 22.8 Å². The van der Waals surface area contributed by atoms with Crippen LogP contribution in [-0.4, -0.2) is 71.4 Å². The third kappa shape index (κ3) is 5.73. The normalized spacial score (nSPS) is 15.5. The van der Waals surface area contributed by atoms with Crippen LogP contribution >= 0.6 is 11.6 Å². The van der Waals surface area contributed by atoms with Crippen LogP contribution in [0, 0.1) is 19.7 Å². The van der Waals surface area contributed by atoms with Crippen LogP contribution in [0.2, 0.25) is 5.02 Å². The fourth-order valence-electron chi connectivity index (χ4n) is 4.03. The fraction of sp³-hybridized carbons (Fsp3) is 0.478. The average Bonchev–Trinajstić information content (AvgIpc) is 2.99. The molecule has 0 bridgehead atoms. The molecule has 6 nitrogen and oxygen atoms in total. The summed E-state index contributed by atoms with van der Waals surface area (Å²) in [6.07, 6.45) is 0. The maximum Gasteiger partial charge on any atom is 0.234 e. The van der Waals surface area contributed by atoms with Gasteiger partial charge in [-0.15, -0.1) is 0 Å². The predicted octanol–water partition coefficient (Wildman–Crippen LogP) is 3.21. The van der Waals surface area contributed by atoms with E-state index in [0.29, 0.717) is 18.7 Å². The molecule has 8 heteroatoms. The zero-order valence-electron chi connectivity index (χ0n) is 18.5. The first kappa shape index (κ1) is 23.4. The van der Waals surface area contributed by atoms with Crippen LogP contribution in [-0.2, 0) is 4.79 Å². The first-order chi connectivity index (χ1) is 14.7. The van der Waals surface area contributed by atoms with E-state index in [4.69, 9.17) is 11.6 Å². The number of piperazine rings is 1. The lowest BCUT2D eigenvalue weighted by Crippen LogP contribution is -2.51. The molecule has 1 N–H and O–H groups in total. The maximum atomic E-state index is 13.5. The van der Waals surface area contributed by atoms with Gasteiger partial charge in [0.1, 0.15) is 5.82 Å². The number of nitrogens with one attached hydrogen (secondary N) is 1. The molecular weight excluding hydrogens is 419 g/mol. The molecule has 31 heavy (non-hydrogen) atoms. The van der Waals surface area contributed by atoms with Crippen molar-refractivity contribution >= 4 is 23.3 Å². The molecule has 1 aliphatic rings. The quantitative estimate of drug-likeness (QED) is 0.661. The van der Waals surface area contributed by atoms with E-state index in [1.54, 1.807) is 12.1 Å². The van der Waals surface area contributed by atoms with E-state index in [9.17, 15) is 14.0 Å². The molecule has 168 valence electrons. The molecular formula is C23H30ClFN4O2. The Bertz CT molecular complexity index is 965. The number of halogens is 2. The Morgan fingerprint density at radius 2 is 1.68 bits per heavy atom. The van der Waals surface area contributed by atoms with Gasteiger partial charge in [-0.3, -0.25) is 19.4 Å². The molecule has 3 rings (SSSR count). The largest absolute Gasteiger partial charge is 0.353 e. The molecule has 1 aromatic carbocycles. The molecule has 1 aromatic heterocycles. The monoisotopic (exact) mass is 448 g/mol. The van der Waals surface area contributed by atoms with Crippen molar-refractivity contribution in [2.75, 3.05) is 39.3 Å². The average molecular weight is 449 g/mol. The number of nitrogens with zero attached hydrogens (tertiary/aromatic N) is 3. The summed E-state index contributed by atoms with van der Waals surface area (Å²) in [4.78, 5) is 29.2. The van der Waals surface area contributed by atoms with E-state index in [2.05, 4.69) is 15.1 Å². The summed E-state index contributed by atoms with van der Waals surface area (Å²) >= 11 is 5.94. The second-order valence-corrected chi connectivity index (χ2v) is 8.82. The molecule has 0 atom stereocenters. The van der Waals surface area contributed by atoms with Gasteiger partial charge in [-0.1, -0.05) is 11.6 Å². The van der Waals surface area contributed by atoms with Gasteiger partial charge < -0.3 is 9.88 Å². The summed E-state index contributed by atoms with van der Waals surface area (Å²) in [6.45, 7) is 11.4. The van der Waals surface area contributed by atoms with Crippen molar-refractivity contribution < 1.29 is 14.0 Å². The van der Waals surface area contributed by atoms with Gasteiger partial charge in [-0.05, 0) is 52.0 Å². The van der Waals surface area contributed by atoms with Crippen molar-refractivity contribution in [2.24, 2.45) is 0 Å². The highest BCUT2D eigenvalue weighted by atomic mass is 35.5. The third-order valence-corrected chi connectivity index (χ3v) is 5.83. The number of amides is 1. The molecule has 1 saturated heterocycles. The second-order valence-electron chi connectivity index (χ2n) is 8.42. The van der Waals surface area contributed by atoms with Crippen LogP contribution in [0.4, 0.5) is 4.39 Å². The van der Waals surface area contributed by atoms with Crippen LogP contribution in [0.25, 0.3) is 5.69 Å². The minimum atomic E-state index is -0.468. The Hall–Kier alpha value is -2.22. The Kier molecular flexibility index (Phi) is 7.51. The number of carbonyl (C=O) groups excluding carboxylic acids is 2. The van der Waals surface area contributed by atoms with Crippen LogP contribution in [0.1, 0.15) is 35.6 Å². The number of hydrogen-bond acceptors (Lipinski definition) is 4. The standard InChI is InChI=1S/C23H30ClFN4O2/c1-15(2)26-23(31)14-28-9-7-27(8-10-28)13-22(30)19-11-16(3)29(17(19)4)18-5-6-21(25)20(24)12-18/h5-6,11-12,15H,7-10,13-14H2,1-4H3,(H,26,31). The van der Waals surface area contributed by atoms with E-state index in [1.165, 1.54) is 6.07 Å². The summed E-state index contributed by atoms with van der Waals surface area (Å²) in [5.74, 6) is -0.378. The third-order valence-electron chi connectivity index (χ3n) is 5.54. The van der Waals surface area contributed by atoms with Crippen molar-refractivity contribution in [2.45, 2.75) is 33.7 Å². The summed E-state index contributed by atoms with van der Waals surface area (Å²) in [7, 11) is 0.